The van der Waals surface area contributed by atoms with E-state index in [1.54, 1.807) is 6.07 Å². The predicted molar refractivity (Wildman–Crippen MR) is 87.1 cm³/mol. The van der Waals surface area contributed by atoms with Crippen molar-refractivity contribution in [3.8, 4) is 0 Å². The summed E-state index contributed by atoms with van der Waals surface area (Å²) in [6.45, 7) is 0. The van der Waals surface area contributed by atoms with Crippen LogP contribution in [0.5, 0.6) is 0 Å². The summed E-state index contributed by atoms with van der Waals surface area (Å²) in [5.74, 6) is 0.447. The van der Waals surface area contributed by atoms with Gasteiger partial charge in [-0.3, -0.25) is 0 Å². The molecular formula is C16H20ClN5. The fourth-order valence-corrected chi connectivity index (χ4v) is 4.04. The third-order valence-electron chi connectivity index (χ3n) is 5.06. The van der Waals surface area contributed by atoms with E-state index in [0.29, 0.717) is 34.8 Å². The number of aromatic nitrogens is 3. The Bertz CT molecular complexity index is 704. The SMILES string of the molecule is CN(C)C1CC2CC(c3cnc4nc(Cl)ccc4n3)C(C1)N2. The van der Waals surface area contributed by atoms with E-state index in [1.165, 1.54) is 12.8 Å². The third kappa shape index (κ3) is 2.47. The van der Waals surface area contributed by atoms with Gasteiger partial charge in [0.1, 0.15) is 10.7 Å². The maximum Gasteiger partial charge on any atom is 0.179 e. The Morgan fingerprint density at radius 3 is 2.86 bits per heavy atom. The van der Waals surface area contributed by atoms with Crippen molar-refractivity contribution >= 4 is 22.8 Å². The van der Waals surface area contributed by atoms with Crippen molar-refractivity contribution in [3.05, 3.63) is 29.2 Å². The minimum absolute atomic E-state index is 0.447. The maximum absolute atomic E-state index is 5.91. The van der Waals surface area contributed by atoms with Gasteiger partial charge in [-0.1, -0.05) is 11.6 Å². The van der Waals surface area contributed by atoms with Crippen molar-refractivity contribution < 1.29 is 0 Å². The topological polar surface area (TPSA) is 53.9 Å². The number of pyridine rings is 1. The Hall–Kier alpha value is -1.30. The molecule has 6 heteroatoms. The fraction of sp³-hybridized carbons (Fsp3) is 0.562. The Balaban J connectivity index is 1.64. The van der Waals surface area contributed by atoms with Gasteiger partial charge in [0.25, 0.3) is 0 Å². The van der Waals surface area contributed by atoms with Crippen LogP contribution in [0.1, 0.15) is 30.9 Å². The van der Waals surface area contributed by atoms with E-state index in [0.717, 1.165) is 17.6 Å². The zero-order valence-electron chi connectivity index (χ0n) is 12.8. The van der Waals surface area contributed by atoms with Gasteiger partial charge in [-0.15, -0.1) is 0 Å². The maximum atomic E-state index is 5.91. The zero-order valence-corrected chi connectivity index (χ0v) is 13.6. The largest absolute Gasteiger partial charge is 0.310 e. The number of hydrogen-bond acceptors (Lipinski definition) is 5. The van der Waals surface area contributed by atoms with Gasteiger partial charge in [0.05, 0.1) is 11.9 Å². The van der Waals surface area contributed by atoms with E-state index in [-0.39, 0.29) is 0 Å². The molecule has 4 atom stereocenters. The molecule has 0 amide bonds. The average molecular weight is 318 g/mol. The molecule has 4 unspecified atom stereocenters. The van der Waals surface area contributed by atoms with Gasteiger partial charge in [0.15, 0.2) is 5.65 Å². The van der Waals surface area contributed by atoms with E-state index in [2.05, 4.69) is 34.3 Å². The second-order valence-electron chi connectivity index (χ2n) is 6.67. The smallest absolute Gasteiger partial charge is 0.179 e. The molecule has 2 aliphatic rings. The molecule has 2 aromatic rings. The molecular weight excluding hydrogens is 298 g/mol. The van der Waals surface area contributed by atoms with Crippen LogP contribution < -0.4 is 5.32 Å². The molecule has 5 nitrogen and oxygen atoms in total. The molecule has 2 aromatic heterocycles. The van der Waals surface area contributed by atoms with E-state index in [9.17, 15) is 0 Å². The van der Waals surface area contributed by atoms with Crippen LogP contribution >= 0.6 is 11.6 Å². The highest BCUT2D eigenvalue weighted by Crippen LogP contribution is 2.38. The molecule has 2 saturated heterocycles. The summed E-state index contributed by atoms with van der Waals surface area (Å²) < 4.78 is 0. The number of hydrogen-bond donors (Lipinski definition) is 1. The molecule has 22 heavy (non-hydrogen) atoms. The second-order valence-corrected chi connectivity index (χ2v) is 7.06. The molecule has 0 spiro atoms. The summed E-state index contributed by atoms with van der Waals surface area (Å²) >= 11 is 5.91. The summed E-state index contributed by atoms with van der Waals surface area (Å²) in [5, 5.41) is 4.21. The number of rotatable bonds is 2. The van der Waals surface area contributed by atoms with Crippen LogP contribution in [-0.2, 0) is 0 Å². The summed E-state index contributed by atoms with van der Waals surface area (Å²) in [6, 6.07) is 5.43. The predicted octanol–water partition coefficient (Wildman–Crippen LogP) is 2.22. The van der Waals surface area contributed by atoms with Crippen LogP contribution in [0.4, 0.5) is 0 Å². The lowest BCUT2D eigenvalue weighted by atomic mass is 9.93. The minimum Gasteiger partial charge on any atom is -0.310 e. The summed E-state index contributed by atoms with van der Waals surface area (Å²) in [4.78, 5) is 15.8. The van der Waals surface area contributed by atoms with Gasteiger partial charge in [0, 0.05) is 24.0 Å². The van der Waals surface area contributed by atoms with Crippen molar-refractivity contribution in [3.63, 3.8) is 0 Å². The van der Waals surface area contributed by atoms with E-state index in [1.807, 2.05) is 12.3 Å². The van der Waals surface area contributed by atoms with Gasteiger partial charge >= 0.3 is 0 Å². The van der Waals surface area contributed by atoms with Crippen molar-refractivity contribution in [1.82, 2.24) is 25.2 Å². The molecule has 1 N–H and O–H groups in total. The molecule has 0 radical (unpaired) electrons. The van der Waals surface area contributed by atoms with Crippen molar-refractivity contribution in [2.75, 3.05) is 14.1 Å². The highest BCUT2D eigenvalue weighted by atomic mass is 35.5. The van der Waals surface area contributed by atoms with Crippen LogP contribution in [0.3, 0.4) is 0 Å². The Morgan fingerprint density at radius 2 is 2.05 bits per heavy atom. The number of nitrogens with zero attached hydrogens (tertiary/aromatic N) is 4. The van der Waals surface area contributed by atoms with Crippen LogP contribution in [0, 0.1) is 0 Å². The molecule has 2 fully saturated rings. The van der Waals surface area contributed by atoms with Gasteiger partial charge in [-0.2, -0.15) is 0 Å². The first-order chi connectivity index (χ1) is 10.6. The Labute approximate surface area is 135 Å². The fourth-order valence-electron chi connectivity index (χ4n) is 3.89. The second kappa shape index (κ2) is 5.41. The first-order valence-corrected chi connectivity index (χ1v) is 8.19. The van der Waals surface area contributed by atoms with Gasteiger partial charge < -0.3 is 10.2 Å². The van der Waals surface area contributed by atoms with Crippen molar-refractivity contribution in [2.45, 2.75) is 43.3 Å². The van der Waals surface area contributed by atoms with Crippen LogP contribution in [0.15, 0.2) is 18.3 Å². The van der Waals surface area contributed by atoms with Gasteiger partial charge in [-0.05, 0) is 45.5 Å². The lowest BCUT2D eigenvalue weighted by molar-refractivity contribution is 0.201. The molecule has 2 aliphatic heterocycles. The quantitative estimate of drug-likeness (QED) is 0.861. The van der Waals surface area contributed by atoms with Crippen LogP contribution in [0.2, 0.25) is 5.15 Å². The van der Waals surface area contributed by atoms with Crippen molar-refractivity contribution in [1.29, 1.82) is 0 Å². The number of halogens is 1. The number of fused-ring (bicyclic) bond motifs is 3. The molecule has 2 bridgehead atoms. The van der Waals surface area contributed by atoms with E-state index in [4.69, 9.17) is 16.6 Å². The van der Waals surface area contributed by atoms with Gasteiger partial charge in [0.2, 0.25) is 0 Å². The standard InChI is InChI=1S/C16H20ClN5/c1-22(2)10-5-9-6-11(13(7-10)19-9)14-8-18-16-12(20-14)3-4-15(17)21-16/h3-4,8-11,13,19H,5-7H2,1-2H3. The van der Waals surface area contributed by atoms with E-state index < -0.39 is 0 Å². The first-order valence-electron chi connectivity index (χ1n) is 7.82. The molecule has 0 aliphatic carbocycles. The lowest BCUT2D eigenvalue weighted by Crippen LogP contribution is -2.46. The summed E-state index contributed by atoms with van der Waals surface area (Å²) in [6.07, 6.45) is 5.42. The highest BCUT2D eigenvalue weighted by molar-refractivity contribution is 6.29. The average Bonchev–Trinajstić information content (AvgIpc) is 2.80. The molecule has 0 saturated carbocycles. The molecule has 4 rings (SSSR count). The summed E-state index contributed by atoms with van der Waals surface area (Å²) in [7, 11) is 4.35. The van der Waals surface area contributed by atoms with Crippen LogP contribution in [0.25, 0.3) is 11.2 Å². The zero-order chi connectivity index (χ0) is 15.3. The third-order valence-corrected chi connectivity index (χ3v) is 5.27. The highest BCUT2D eigenvalue weighted by Gasteiger charge is 2.42. The Kier molecular flexibility index (Phi) is 3.51. The number of nitrogens with one attached hydrogen (secondary N) is 1. The van der Waals surface area contributed by atoms with Crippen molar-refractivity contribution in [2.24, 2.45) is 0 Å². The van der Waals surface area contributed by atoms with E-state index >= 15 is 0 Å². The Morgan fingerprint density at radius 1 is 1.18 bits per heavy atom. The monoisotopic (exact) mass is 317 g/mol. The molecule has 0 aromatic carbocycles. The molecule has 4 heterocycles. The van der Waals surface area contributed by atoms with Gasteiger partial charge in [-0.25, -0.2) is 15.0 Å². The lowest BCUT2D eigenvalue weighted by Gasteiger charge is -2.34. The minimum atomic E-state index is 0.447. The molecule has 116 valence electrons. The number of piperidine rings is 1. The normalized spacial score (nSPS) is 31.1. The van der Waals surface area contributed by atoms with Crippen LogP contribution in [-0.4, -0.2) is 52.1 Å². The first kappa shape index (κ1) is 14.3. The summed E-state index contributed by atoms with van der Waals surface area (Å²) in [5.41, 5.74) is 2.53.